The van der Waals surface area contributed by atoms with E-state index in [0.29, 0.717) is 11.3 Å². The maximum Gasteiger partial charge on any atom is 0.124 e. The largest absolute Gasteiger partial charge is 0.487 e. The van der Waals surface area contributed by atoms with Crippen molar-refractivity contribution in [2.45, 2.75) is 44.4 Å². The molecule has 94 valence electrons. The van der Waals surface area contributed by atoms with Crippen molar-refractivity contribution in [1.82, 2.24) is 0 Å². The Kier molecular flexibility index (Phi) is 3.64. The molecule has 1 aromatic rings. The summed E-state index contributed by atoms with van der Waals surface area (Å²) in [5.41, 5.74) is 6.43. The van der Waals surface area contributed by atoms with Crippen molar-refractivity contribution in [1.29, 1.82) is 0 Å². The molecule has 0 saturated heterocycles. The molecule has 0 radical (unpaired) electrons. The minimum Gasteiger partial charge on any atom is -0.487 e. The van der Waals surface area contributed by atoms with Gasteiger partial charge >= 0.3 is 0 Å². The molecule has 17 heavy (non-hydrogen) atoms. The molecule has 3 atom stereocenters. The molecule has 1 aliphatic rings. The lowest BCUT2D eigenvalue weighted by atomic mass is 10.1. The van der Waals surface area contributed by atoms with Crippen LogP contribution in [0.25, 0.3) is 0 Å². The van der Waals surface area contributed by atoms with Crippen LogP contribution >= 0.6 is 0 Å². The van der Waals surface area contributed by atoms with Crippen LogP contribution in [0.1, 0.15) is 37.8 Å². The summed E-state index contributed by atoms with van der Waals surface area (Å²) >= 11 is 0. The third-order valence-electron chi connectivity index (χ3n) is 3.16. The van der Waals surface area contributed by atoms with Gasteiger partial charge in [-0.3, -0.25) is 0 Å². The van der Waals surface area contributed by atoms with Gasteiger partial charge in [-0.05, 0) is 44.4 Å². The molecule has 0 heterocycles. The Balaban J connectivity index is 2.19. The van der Waals surface area contributed by atoms with Crippen molar-refractivity contribution < 1.29 is 14.2 Å². The molecule has 0 aromatic heterocycles. The van der Waals surface area contributed by atoms with Crippen LogP contribution in [0.4, 0.5) is 4.39 Å². The van der Waals surface area contributed by atoms with E-state index >= 15 is 0 Å². The fourth-order valence-electron chi connectivity index (χ4n) is 2.19. The first-order valence-electron chi connectivity index (χ1n) is 5.97. The third-order valence-corrected chi connectivity index (χ3v) is 3.16. The fraction of sp³-hybridized carbons (Fsp3) is 0.538. The predicted molar refractivity (Wildman–Crippen MR) is 63.3 cm³/mol. The van der Waals surface area contributed by atoms with E-state index in [1.165, 1.54) is 12.1 Å². The van der Waals surface area contributed by atoms with Gasteiger partial charge < -0.3 is 15.6 Å². The summed E-state index contributed by atoms with van der Waals surface area (Å²) in [5, 5.41) is 9.70. The van der Waals surface area contributed by atoms with Crippen molar-refractivity contribution >= 4 is 0 Å². The molecule has 2 unspecified atom stereocenters. The number of rotatable bonds is 3. The highest BCUT2D eigenvalue weighted by Gasteiger charge is 2.27. The summed E-state index contributed by atoms with van der Waals surface area (Å²) in [6, 6.07) is 4.03. The van der Waals surface area contributed by atoms with Gasteiger partial charge in [0.25, 0.3) is 0 Å². The second-order valence-corrected chi connectivity index (χ2v) is 4.63. The van der Waals surface area contributed by atoms with Crippen molar-refractivity contribution in [2.24, 2.45) is 5.73 Å². The molecule has 1 aliphatic carbocycles. The average Bonchev–Trinajstić information content (AvgIpc) is 2.67. The number of halogens is 1. The van der Waals surface area contributed by atoms with Crippen molar-refractivity contribution in [3.63, 3.8) is 0 Å². The molecule has 0 amide bonds. The Morgan fingerprint density at radius 3 is 2.82 bits per heavy atom. The van der Waals surface area contributed by atoms with E-state index in [1.54, 1.807) is 13.0 Å². The van der Waals surface area contributed by atoms with E-state index in [1.807, 2.05) is 0 Å². The molecule has 0 aliphatic heterocycles. The number of aliphatic hydroxyl groups is 1. The van der Waals surface area contributed by atoms with Gasteiger partial charge in [0.2, 0.25) is 0 Å². The molecule has 4 heteroatoms. The van der Waals surface area contributed by atoms with E-state index in [-0.39, 0.29) is 18.0 Å². The Labute approximate surface area is 100 Å². The molecular weight excluding hydrogens is 221 g/mol. The number of nitrogens with two attached hydrogens (primary N) is 1. The Bertz CT molecular complexity index is 395. The van der Waals surface area contributed by atoms with E-state index in [0.717, 1.165) is 19.3 Å². The monoisotopic (exact) mass is 239 g/mol. The second kappa shape index (κ2) is 5.02. The number of hydrogen-bond donors (Lipinski definition) is 2. The minimum absolute atomic E-state index is 0.196. The lowest BCUT2D eigenvalue weighted by Crippen LogP contribution is -2.26. The van der Waals surface area contributed by atoms with Crippen LogP contribution in [0.5, 0.6) is 5.75 Å². The van der Waals surface area contributed by atoms with Crippen LogP contribution in [0.2, 0.25) is 0 Å². The normalized spacial score (nSPS) is 25.9. The van der Waals surface area contributed by atoms with E-state index < -0.39 is 6.10 Å². The summed E-state index contributed by atoms with van der Waals surface area (Å²) in [6.45, 7) is 1.78. The maximum atomic E-state index is 13.1. The van der Waals surface area contributed by atoms with Gasteiger partial charge in [0.15, 0.2) is 0 Å². The summed E-state index contributed by atoms with van der Waals surface area (Å²) in [4.78, 5) is 0. The number of ether oxygens (including phenoxy) is 1. The molecule has 2 rings (SSSR count). The predicted octanol–water partition coefficient (Wildman–Crippen LogP) is 2.14. The zero-order chi connectivity index (χ0) is 12.4. The third kappa shape index (κ3) is 2.76. The number of hydrogen-bond acceptors (Lipinski definition) is 3. The zero-order valence-electron chi connectivity index (χ0n) is 9.90. The fourth-order valence-corrected chi connectivity index (χ4v) is 2.19. The van der Waals surface area contributed by atoms with Crippen molar-refractivity contribution in [3.8, 4) is 5.75 Å². The number of aliphatic hydroxyl groups excluding tert-OH is 1. The van der Waals surface area contributed by atoms with Gasteiger partial charge in [-0.15, -0.1) is 0 Å². The Morgan fingerprint density at radius 2 is 2.24 bits per heavy atom. The molecule has 1 fully saturated rings. The highest BCUT2D eigenvalue weighted by molar-refractivity contribution is 5.36. The van der Waals surface area contributed by atoms with Gasteiger partial charge in [0, 0.05) is 11.6 Å². The van der Waals surface area contributed by atoms with Crippen LogP contribution in [-0.4, -0.2) is 17.3 Å². The molecule has 1 saturated carbocycles. The van der Waals surface area contributed by atoms with Crippen LogP contribution < -0.4 is 10.5 Å². The Morgan fingerprint density at radius 1 is 1.47 bits per heavy atom. The first kappa shape index (κ1) is 12.3. The van der Waals surface area contributed by atoms with Crippen molar-refractivity contribution in [2.75, 3.05) is 0 Å². The molecule has 3 N–H and O–H groups in total. The van der Waals surface area contributed by atoms with Crippen LogP contribution in [-0.2, 0) is 0 Å². The zero-order valence-corrected chi connectivity index (χ0v) is 9.90. The summed E-state index contributed by atoms with van der Waals surface area (Å²) < 4.78 is 18.9. The van der Waals surface area contributed by atoms with Gasteiger partial charge in [0.05, 0.1) is 6.10 Å². The molecule has 0 spiro atoms. The van der Waals surface area contributed by atoms with Crippen LogP contribution in [0.3, 0.4) is 0 Å². The van der Waals surface area contributed by atoms with Crippen LogP contribution in [0, 0.1) is 5.82 Å². The molecular formula is C13H18FNO2. The average molecular weight is 239 g/mol. The highest BCUT2D eigenvalue weighted by Crippen LogP contribution is 2.30. The topological polar surface area (TPSA) is 55.5 Å². The lowest BCUT2D eigenvalue weighted by molar-refractivity contribution is 0.0595. The molecule has 3 nitrogen and oxygen atoms in total. The maximum absolute atomic E-state index is 13.1. The highest BCUT2D eigenvalue weighted by atomic mass is 19.1. The SMILES string of the molecule is C[C@H](N)c1cc(F)ccc1OC1CCCC1O. The van der Waals surface area contributed by atoms with Gasteiger partial charge in [-0.1, -0.05) is 0 Å². The summed E-state index contributed by atoms with van der Waals surface area (Å²) in [7, 11) is 0. The number of benzene rings is 1. The Hall–Kier alpha value is -1.13. The van der Waals surface area contributed by atoms with Crippen molar-refractivity contribution in [3.05, 3.63) is 29.6 Å². The molecule has 0 bridgehead atoms. The van der Waals surface area contributed by atoms with E-state index in [2.05, 4.69) is 0 Å². The standard InChI is InChI=1S/C13H18FNO2/c1-8(15)10-7-9(14)5-6-12(10)17-13-4-2-3-11(13)16/h5-8,11,13,16H,2-4,15H2,1H3/t8-,11?,13?/m0/s1. The van der Waals surface area contributed by atoms with Gasteiger partial charge in [-0.25, -0.2) is 4.39 Å². The minimum atomic E-state index is -0.430. The summed E-state index contributed by atoms with van der Waals surface area (Å²) in [5.74, 6) is 0.254. The van der Waals surface area contributed by atoms with Crippen LogP contribution in [0.15, 0.2) is 18.2 Å². The molecule has 1 aromatic carbocycles. The second-order valence-electron chi connectivity index (χ2n) is 4.63. The van der Waals surface area contributed by atoms with Gasteiger partial charge in [-0.2, -0.15) is 0 Å². The first-order valence-corrected chi connectivity index (χ1v) is 5.97. The quantitative estimate of drug-likeness (QED) is 0.849. The van der Waals surface area contributed by atoms with E-state index in [9.17, 15) is 9.50 Å². The lowest BCUT2D eigenvalue weighted by Gasteiger charge is -2.20. The van der Waals surface area contributed by atoms with Gasteiger partial charge in [0.1, 0.15) is 17.7 Å². The first-order chi connectivity index (χ1) is 8.08. The van der Waals surface area contributed by atoms with E-state index in [4.69, 9.17) is 10.5 Å². The smallest absolute Gasteiger partial charge is 0.124 e. The summed E-state index contributed by atoms with van der Waals surface area (Å²) in [6.07, 6.45) is 1.93.